The van der Waals surface area contributed by atoms with Gasteiger partial charge in [0.15, 0.2) is 0 Å². The molecule has 0 rings (SSSR count). The van der Waals surface area contributed by atoms with Gasteiger partial charge >= 0.3 is 0 Å². The molecule has 0 aromatic carbocycles. The highest BCUT2D eigenvalue weighted by molar-refractivity contribution is 4.66. The van der Waals surface area contributed by atoms with E-state index in [0.717, 1.165) is 0 Å². The summed E-state index contributed by atoms with van der Waals surface area (Å²) in [5.74, 6) is 0. The Morgan fingerprint density at radius 2 is 1.12 bits per heavy atom. The van der Waals surface area contributed by atoms with E-state index in [4.69, 9.17) is 0 Å². The van der Waals surface area contributed by atoms with E-state index in [1.54, 1.807) is 0 Å². The zero-order valence-electron chi connectivity index (χ0n) is 6.60. The lowest BCUT2D eigenvalue weighted by molar-refractivity contribution is 0.347. The number of nitrogens with zero attached hydrogens (tertiary/aromatic N) is 1. The summed E-state index contributed by atoms with van der Waals surface area (Å²) in [6.45, 7) is 8.83. The van der Waals surface area contributed by atoms with E-state index in [0.29, 0.717) is 12.1 Å². The summed E-state index contributed by atoms with van der Waals surface area (Å²) in [5, 5.41) is 0. The molecule has 1 heteroatoms. The zero-order chi connectivity index (χ0) is 6.73. The largest absolute Gasteiger partial charge is 0.169 e. The van der Waals surface area contributed by atoms with Gasteiger partial charge in [0, 0.05) is 0 Å². The smallest absolute Gasteiger partial charge is 0.127 e. The molecule has 0 atom stereocenters. The fraction of sp³-hybridized carbons (Fsp3) is 1.00. The van der Waals surface area contributed by atoms with Gasteiger partial charge in [-0.3, -0.25) is 0 Å². The summed E-state index contributed by atoms with van der Waals surface area (Å²) >= 11 is 0. The van der Waals surface area contributed by atoms with Gasteiger partial charge in [0.1, 0.15) is 19.1 Å². The van der Waals surface area contributed by atoms with Gasteiger partial charge < -0.3 is 0 Å². The first-order valence-corrected chi connectivity index (χ1v) is 3.27. The average molecular weight is 115 g/mol. The lowest BCUT2D eigenvalue weighted by Crippen LogP contribution is -2.38. The molecular weight excluding hydrogens is 98.1 g/mol. The third kappa shape index (κ3) is 2.31. The average Bonchev–Trinajstić information content (AvgIpc) is 1.64. The Kier molecular flexibility index (Phi) is 3.06. The molecule has 0 unspecified atom stereocenters. The highest BCUT2D eigenvalue weighted by Crippen LogP contribution is 1.94. The Bertz CT molecular complexity index is 49.4. The van der Waals surface area contributed by atoms with Gasteiger partial charge in [-0.1, -0.05) is 0 Å². The van der Waals surface area contributed by atoms with E-state index in [9.17, 15) is 0 Å². The van der Waals surface area contributed by atoms with Crippen LogP contribution in [0.1, 0.15) is 27.7 Å². The summed E-state index contributed by atoms with van der Waals surface area (Å²) in [7, 11) is 2.15. The standard InChI is InChI=1S/C7H17N/c1-6(2)8(5)7(3)4/h6-7H,1-5H3/q+1. The van der Waals surface area contributed by atoms with Crippen LogP contribution >= 0.6 is 0 Å². The third-order valence-electron chi connectivity index (χ3n) is 1.63. The van der Waals surface area contributed by atoms with Crippen LogP contribution in [0.5, 0.6) is 0 Å². The van der Waals surface area contributed by atoms with E-state index in [1.165, 1.54) is 0 Å². The van der Waals surface area contributed by atoms with E-state index in [1.807, 2.05) is 0 Å². The highest BCUT2D eigenvalue weighted by Gasteiger charge is 2.15. The van der Waals surface area contributed by atoms with Crippen molar-refractivity contribution in [1.82, 2.24) is 4.90 Å². The normalized spacial score (nSPS) is 12.0. The molecule has 0 aliphatic rings. The second-order valence-corrected chi connectivity index (χ2v) is 2.85. The molecule has 0 aliphatic heterocycles. The van der Waals surface area contributed by atoms with Gasteiger partial charge in [0.25, 0.3) is 0 Å². The molecule has 0 aromatic heterocycles. The monoisotopic (exact) mass is 115 g/mol. The molecule has 0 aliphatic carbocycles. The Morgan fingerprint density at radius 3 is 1.12 bits per heavy atom. The molecule has 0 fully saturated rings. The minimum atomic E-state index is 0.676. The molecule has 0 heterocycles. The van der Waals surface area contributed by atoms with Crippen molar-refractivity contribution in [2.75, 3.05) is 7.05 Å². The minimum absolute atomic E-state index is 0.676. The molecule has 8 heavy (non-hydrogen) atoms. The lowest BCUT2D eigenvalue weighted by atomic mass is 10.3. The first-order valence-electron chi connectivity index (χ1n) is 3.27. The summed E-state index contributed by atoms with van der Waals surface area (Å²) in [5.41, 5.74) is 0. The van der Waals surface area contributed by atoms with Gasteiger partial charge in [-0.05, 0) is 27.7 Å². The van der Waals surface area contributed by atoms with Crippen molar-refractivity contribution < 1.29 is 0 Å². The quantitative estimate of drug-likeness (QED) is 0.482. The summed E-state index contributed by atoms with van der Waals surface area (Å²) < 4.78 is 0. The van der Waals surface area contributed by atoms with Crippen LogP contribution in [-0.2, 0) is 0 Å². The van der Waals surface area contributed by atoms with E-state index in [-0.39, 0.29) is 0 Å². The van der Waals surface area contributed by atoms with Crippen LogP contribution < -0.4 is 4.90 Å². The van der Waals surface area contributed by atoms with E-state index >= 15 is 0 Å². The predicted molar refractivity (Wildman–Crippen MR) is 38.3 cm³/mol. The van der Waals surface area contributed by atoms with Gasteiger partial charge in [0.05, 0.1) is 0 Å². The van der Waals surface area contributed by atoms with Crippen LogP contribution in [0.15, 0.2) is 0 Å². The van der Waals surface area contributed by atoms with Crippen LogP contribution in [-0.4, -0.2) is 19.1 Å². The second kappa shape index (κ2) is 3.08. The number of hydrogen-bond acceptors (Lipinski definition) is 1. The van der Waals surface area contributed by atoms with Gasteiger partial charge in [-0.2, -0.15) is 4.90 Å². The molecular formula is C7H17N+. The maximum absolute atomic E-state index is 2.33. The van der Waals surface area contributed by atoms with Crippen LogP contribution in [0.4, 0.5) is 0 Å². The first-order chi connectivity index (χ1) is 3.55. The van der Waals surface area contributed by atoms with Crippen molar-refractivity contribution >= 4 is 0 Å². The van der Waals surface area contributed by atoms with Crippen molar-refractivity contribution in [3.8, 4) is 0 Å². The molecule has 0 saturated carbocycles. The molecule has 0 bridgehead atoms. The van der Waals surface area contributed by atoms with Crippen molar-refractivity contribution in [2.45, 2.75) is 39.8 Å². The molecule has 0 saturated heterocycles. The van der Waals surface area contributed by atoms with E-state index in [2.05, 4.69) is 39.6 Å². The Labute approximate surface area is 52.7 Å². The van der Waals surface area contributed by atoms with Gasteiger partial charge in [0.2, 0.25) is 0 Å². The van der Waals surface area contributed by atoms with Crippen LogP contribution in [0.25, 0.3) is 0 Å². The molecule has 49 valence electrons. The summed E-state index contributed by atoms with van der Waals surface area (Å²) in [4.78, 5) is 2.33. The van der Waals surface area contributed by atoms with Crippen LogP contribution in [0.2, 0.25) is 0 Å². The van der Waals surface area contributed by atoms with Gasteiger partial charge in [-0.15, -0.1) is 0 Å². The SMILES string of the molecule is CC(C)[N+](C)C(C)C. The number of rotatable bonds is 2. The van der Waals surface area contributed by atoms with Crippen molar-refractivity contribution in [3.05, 3.63) is 0 Å². The van der Waals surface area contributed by atoms with Crippen molar-refractivity contribution in [3.63, 3.8) is 0 Å². The van der Waals surface area contributed by atoms with E-state index < -0.39 is 0 Å². The van der Waals surface area contributed by atoms with Crippen LogP contribution in [0.3, 0.4) is 0 Å². The molecule has 0 amide bonds. The molecule has 0 aromatic rings. The molecule has 1 nitrogen and oxygen atoms in total. The summed E-state index contributed by atoms with van der Waals surface area (Å²) in [6.07, 6.45) is 0. The Hall–Kier alpha value is -0.0400. The fourth-order valence-corrected chi connectivity index (χ4v) is 0.596. The molecule has 1 radical (unpaired) electrons. The minimum Gasteiger partial charge on any atom is -0.169 e. The Morgan fingerprint density at radius 1 is 0.875 bits per heavy atom. The third-order valence-corrected chi connectivity index (χ3v) is 1.63. The first kappa shape index (κ1) is 7.96. The maximum Gasteiger partial charge on any atom is 0.127 e. The Balaban J connectivity index is 3.46. The predicted octanol–water partition coefficient (Wildman–Crippen LogP) is 1.57. The molecule has 0 spiro atoms. The van der Waals surface area contributed by atoms with Crippen molar-refractivity contribution in [2.24, 2.45) is 0 Å². The van der Waals surface area contributed by atoms with Gasteiger partial charge in [-0.25, -0.2) is 0 Å². The number of hydrogen-bond donors (Lipinski definition) is 0. The topological polar surface area (TPSA) is 5.90 Å². The lowest BCUT2D eigenvalue weighted by Gasteiger charge is -2.13. The zero-order valence-corrected chi connectivity index (χ0v) is 6.60. The maximum atomic E-state index is 2.33. The van der Waals surface area contributed by atoms with Crippen molar-refractivity contribution in [1.29, 1.82) is 0 Å². The highest BCUT2D eigenvalue weighted by atomic mass is 15.1. The second-order valence-electron chi connectivity index (χ2n) is 2.85. The molecule has 0 N–H and O–H groups in total. The summed E-state index contributed by atoms with van der Waals surface area (Å²) in [6, 6.07) is 1.35. The fourth-order valence-electron chi connectivity index (χ4n) is 0.596. The van der Waals surface area contributed by atoms with Crippen LogP contribution in [0, 0.1) is 0 Å².